The summed E-state index contributed by atoms with van der Waals surface area (Å²) in [4.78, 5) is 63.4. The van der Waals surface area contributed by atoms with Crippen LogP contribution in [0.4, 0.5) is 5.69 Å². The standard InChI is InChI=1S/C33H34N4O10/c1-18-10-12-23(13-11-18)14-26-25-8-6-7-9-27(25)36(32(26)42)15-24-16-37(35-34-24)33-31(46-22(5)41)30(45-21(4)40)29(44-20(3)39)28(47-33)17-43-19(2)38/h6-14,16,28-31,33H,15,17H2,1-5H3/b26-14+/t28-,29-,30+,31-,33-/m1/s1. The van der Waals surface area contributed by atoms with E-state index in [0.29, 0.717) is 17.0 Å². The smallest absolute Gasteiger partial charge is 0.303 e. The van der Waals surface area contributed by atoms with Crippen molar-refractivity contribution in [2.45, 2.75) is 71.8 Å². The van der Waals surface area contributed by atoms with Crippen molar-refractivity contribution in [2.24, 2.45) is 0 Å². The molecule has 14 nitrogen and oxygen atoms in total. The molecule has 0 aliphatic carbocycles. The van der Waals surface area contributed by atoms with Crippen molar-refractivity contribution in [3.63, 3.8) is 0 Å². The molecule has 0 radical (unpaired) electrons. The highest BCUT2D eigenvalue weighted by Gasteiger charge is 2.53. The monoisotopic (exact) mass is 646 g/mol. The predicted molar refractivity (Wildman–Crippen MR) is 164 cm³/mol. The number of rotatable bonds is 9. The van der Waals surface area contributed by atoms with Crippen LogP contribution in [0.1, 0.15) is 56.3 Å². The number of nitrogens with zero attached hydrogens (tertiary/aromatic N) is 4. The van der Waals surface area contributed by atoms with Gasteiger partial charge in [0.15, 0.2) is 24.5 Å². The van der Waals surface area contributed by atoms with Crippen LogP contribution in [-0.4, -0.2) is 75.8 Å². The molecule has 1 aromatic heterocycles. The number of fused-ring (bicyclic) bond motifs is 1. The molecule has 2 aromatic carbocycles. The zero-order chi connectivity index (χ0) is 33.8. The fraction of sp³-hybridized carbons (Fsp3) is 0.364. The molecule has 246 valence electrons. The van der Waals surface area contributed by atoms with Crippen molar-refractivity contribution in [3.05, 3.63) is 77.1 Å². The van der Waals surface area contributed by atoms with Gasteiger partial charge < -0.3 is 28.6 Å². The molecule has 1 fully saturated rings. The van der Waals surface area contributed by atoms with Crippen LogP contribution in [0.5, 0.6) is 0 Å². The lowest BCUT2D eigenvalue weighted by Crippen LogP contribution is -2.60. The van der Waals surface area contributed by atoms with Gasteiger partial charge in [-0.25, -0.2) is 4.68 Å². The number of carbonyl (C=O) groups excluding carboxylic acids is 5. The molecule has 2 aliphatic heterocycles. The maximum atomic E-state index is 13.7. The van der Waals surface area contributed by atoms with Gasteiger partial charge in [0.2, 0.25) is 0 Å². The Kier molecular flexibility index (Phi) is 9.80. The van der Waals surface area contributed by atoms with E-state index in [2.05, 4.69) is 10.3 Å². The second-order valence-electron chi connectivity index (χ2n) is 11.2. The molecule has 47 heavy (non-hydrogen) atoms. The van der Waals surface area contributed by atoms with Crippen molar-refractivity contribution in [1.29, 1.82) is 0 Å². The van der Waals surface area contributed by atoms with Crippen molar-refractivity contribution in [1.82, 2.24) is 15.0 Å². The molecule has 0 bridgehead atoms. The molecule has 0 N–H and O–H groups in total. The summed E-state index contributed by atoms with van der Waals surface area (Å²) < 4.78 is 29.0. The first-order valence-corrected chi connectivity index (χ1v) is 14.8. The minimum absolute atomic E-state index is 0.0341. The Hall–Kier alpha value is -5.37. The molecule has 0 saturated carbocycles. The quantitative estimate of drug-likeness (QED) is 0.190. The second kappa shape index (κ2) is 14.0. The maximum Gasteiger partial charge on any atom is 0.303 e. The summed E-state index contributed by atoms with van der Waals surface area (Å²) in [5.41, 5.74) is 4.33. The van der Waals surface area contributed by atoms with Gasteiger partial charge in [0.1, 0.15) is 18.4 Å². The average Bonchev–Trinajstić information content (AvgIpc) is 3.57. The van der Waals surface area contributed by atoms with Gasteiger partial charge in [0, 0.05) is 38.8 Å². The summed E-state index contributed by atoms with van der Waals surface area (Å²) in [6.45, 7) is 6.26. The highest BCUT2D eigenvalue weighted by Crippen LogP contribution is 2.39. The van der Waals surface area contributed by atoms with Gasteiger partial charge >= 0.3 is 23.9 Å². The summed E-state index contributed by atoms with van der Waals surface area (Å²) in [5.74, 6) is -3.09. The zero-order valence-corrected chi connectivity index (χ0v) is 26.4. The SMILES string of the molecule is CC(=O)OC[C@H]1O[C@@H](n2cc(CN3C(=O)/C(=C/c4ccc(C)cc4)c4ccccc43)nn2)[C@H](OC(C)=O)[C@@H](OC(C)=O)[C@@H]1OC(C)=O. The molecule has 0 unspecified atom stereocenters. The van der Waals surface area contributed by atoms with E-state index < -0.39 is 54.5 Å². The van der Waals surface area contributed by atoms with Crippen LogP contribution in [0.15, 0.2) is 54.7 Å². The van der Waals surface area contributed by atoms with Crippen LogP contribution in [0, 0.1) is 6.92 Å². The zero-order valence-electron chi connectivity index (χ0n) is 26.4. The van der Waals surface area contributed by atoms with E-state index in [-0.39, 0.29) is 19.1 Å². The van der Waals surface area contributed by atoms with Gasteiger partial charge in [-0.15, -0.1) is 5.10 Å². The molecule has 5 rings (SSSR count). The van der Waals surface area contributed by atoms with Crippen molar-refractivity contribution in [2.75, 3.05) is 11.5 Å². The Bertz CT molecular complexity index is 1720. The fourth-order valence-corrected chi connectivity index (χ4v) is 5.52. The number of para-hydroxylation sites is 1. The lowest BCUT2D eigenvalue weighted by atomic mass is 9.97. The topological polar surface area (TPSA) is 165 Å². The Morgan fingerprint density at radius 1 is 0.851 bits per heavy atom. The first-order valence-electron chi connectivity index (χ1n) is 14.8. The second-order valence-corrected chi connectivity index (χ2v) is 11.2. The van der Waals surface area contributed by atoms with Gasteiger partial charge in [-0.2, -0.15) is 0 Å². The van der Waals surface area contributed by atoms with Gasteiger partial charge in [-0.05, 0) is 24.6 Å². The third-order valence-corrected chi connectivity index (χ3v) is 7.45. The number of hydrogen-bond acceptors (Lipinski definition) is 12. The van der Waals surface area contributed by atoms with Crippen molar-refractivity contribution < 1.29 is 47.7 Å². The third kappa shape index (κ3) is 7.55. The van der Waals surface area contributed by atoms with Gasteiger partial charge in [0.05, 0.1) is 18.4 Å². The minimum Gasteiger partial charge on any atom is -0.463 e. The molecular weight excluding hydrogens is 612 g/mol. The van der Waals surface area contributed by atoms with E-state index in [1.165, 1.54) is 17.8 Å². The van der Waals surface area contributed by atoms with Gasteiger partial charge in [-0.1, -0.05) is 53.2 Å². The van der Waals surface area contributed by atoms with Crippen LogP contribution in [-0.2, 0) is 54.2 Å². The van der Waals surface area contributed by atoms with E-state index in [1.807, 2.05) is 61.5 Å². The van der Waals surface area contributed by atoms with Crippen molar-refractivity contribution in [3.8, 4) is 0 Å². The Balaban J connectivity index is 1.47. The minimum atomic E-state index is -1.37. The van der Waals surface area contributed by atoms with E-state index in [1.54, 1.807) is 4.90 Å². The highest BCUT2D eigenvalue weighted by atomic mass is 16.7. The highest BCUT2D eigenvalue weighted by molar-refractivity contribution is 6.35. The van der Waals surface area contributed by atoms with Gasteiger partial charge in [-0.3, -0.25) is 24.0 Å². The van der Waals surface area contributed by atoms with Crippen LogP contribution >= 0.6 is 0 Å². The molecule has 3 heterocycles. The van der Waals surface area contributed by atoms with E-state index in [0.717, 1.165) is 37.5 Å². The Labute approximate surface area is 270 Å². The normalized spacial score (nSPS) is 22.8. The Morgan fingerprint density at radius 3 is 2.15 bits per heavy atom. The molecule has 14 heteroatoms. The predicted octanol–water partition coefficient (Wildman–Crippen LogP) is 2.93. The Morgan fingerprint density at radius 2 is 1.49 bits per heavy atom. The maximum absolute atomic E-state index is 13.7. The van der Waals surface area contributed by atoms with Crippen LogP contribution in [0.2, 0.25) is 0 Å². The molecule has 5 atom stereocenters. The van der Waals surface area contributed by atoms with Crippen LogP contribution in [0.25, 0.3) is 11.6 Å². The van der Waals surface area contributed by atoms with E-state index in [4.69, 9.17) is 23.7 Å². The van der Waals surface area contributed by atoms with Crippen LogP contribution in [0.3, 0.4) is 0 Å². The van der Waals surface area contributed by atoms with Crippen molar-refractivity contribution >= 4 is 47.1 Å². The fourth-order valence-electron chi connectivity index (χ4n) is 5.52. The first-order chi connectivity index (χ1) is 22.4. The number of aromatic nitrogens is 3. The third-order valence-electron chi connectivity index (χ3n) is 7.45. The number of esters is 4. The lowest BCUT2D eigenvalue weighted by molar-refractivity contribution is -0.270. The molecular formula is C33H34N4O10. The van der Waals surface area contributed by atoms with Gasteiger partial charge in [0.25, 0.3) is 5.91 Å². The van der Waals surface area contributed by atoms with Crippen LogP contribution < -0.4 is 4.90 Å². The van der Waals surface area contributed by atoms with E-state index in [9.17, 15) is 24.0 Å². The number of benzene rings is 2. The molecule has 1 amide bonds. The molecule has 1 saturated heterocycles. The number of carbonyl (C=O) groups is 5. The average molecular weight is 647 g/mol. The largest absolute Gasteiger partial charge is 0.463 e. The number of anilines is 1. The number of aryl methyl sites for hydroxylation is 1. The molecule has 3 aromatic rings. The lowest BCUT2D eigenvalue weighted by Gasteiger charge is -2.44. The summed E-state index contributed by atoms with van der Waals surface area (Å²) in [7, 11) is 0. The number of ether oxygens (including phenoxy) is 5. The molecule has 0 spiro atoms. The summed E-state index contributed by atoms with van der Waals surface area (Å²) in [5, 5.41) is 8.43. The number of amides is 1. The first kappa shape index (κ1) is 33.0. The summed E-state index contributed by atoms with van der Waals surface area (Å²) >= 11 is 0. The molecule has 2 aliphatic rings. The van der Waals surface area contributed by atoms with E-state index >= 15 is 0 Å². The summed E-state index contributed by atoms with van der Waals surface area (Å²) in [6.07, 6.45) is -3.12. The summed E-state index contributed by atoms with van der Waals surface area (Å²) in [6, 6.07) is 15.2. The number of hydrogen-bond donors (Lipinski definition) is 0.